The minimum absolute atomic E-state index is 0.0123. The highest BCUT2D eigenvalue weighted by Crippen LogP contribution is 2.33. The Morgan fingerprint density at radius 3 is 2.13 bits per heavy atom. The normalized spacial score (nSPS) is 11.2. The molecule has 0 fully saturated rings. The lowest BCUT2D eigenvalue weighted by Crippen LogP contribution is -2.29. The predicted octanol–water partition coefficient (Wildman–Crippen LogP) is 4.57. The molecule has 0 unspecified atom stereocenters. The van der Waals surface area contributed by atoms with Crippen LogP contribution < -0.4 is 14.6 Å². The summed E-state index contributed by atoms with van der Waals surface area (Å²) in [5, 5.41) is 10.7. The van der Waals surface area contributed by atoms with E-state index in [0.717, 1.165) is 39.9 Å². The maximum atomic E-state index is 13.6. The number of aliphatic carboxylic acids is 1. The summed E-state index contributed by atoms with van der Waals surface area (Å²) in [6, 6.07) is 22.6. The molecular weight excluding hydrogens is 507 g/mol. The number of carbonyl (C=O) groups excluding carboxylic acids is 1. The van der Waals surface area contributed by atoms with Crippen molar-refractivity contribution in [3.63, 3.8) is 0 Å². The maximum Gasteiger partial charge on any atom is 0.210 e. The van der Waals surface area contributed by atoms with Crippen molar-refractivity contribution in [1.82, 2.24) is 0 Å². The fraction of sp³-hybridized carbons (Fsp3) is 0.167. The first-order valence-corrected chi connectivity index (χ1v) is 13.3. The van der Waals surface area contributed by atoms with Gasteiger partial charge in [0, 0.05) is 0 Å². The highest BCUT2D eigenvalue weighted by atomic mass is 32.2. The van der Waals surface area contributed by atoms with Gasteiger partial charge in [0.05, 0.1) is 10.9 Å². The van der Waals surface area contributed by atoms with Crippen LogP contribution in [0.4, 0.5) is 4.39 Å². The van der Waals surface area contributed by atoms with Gasteiger partial charge in [0.2, 0.25) is 9.84 Å². The largest absolute Gasteiger partial charge is 0.546 e. The fourth-order valence-corrected chi connectivity index (χ4v) is 5.58. The van der Waals surface area contributed by atoms with Gasteiger partial charge in [-0.3, -0.25) is 0 Å². The molecule has 0 saturated heterocycles. The third kappa shape index (κ3) is 6.39. The molecule has 0 bridgehead atoms. The van der Waals surface area contributed by atoms with Crippen LogP contribution in [0.2, 0.25) is 0 Å². The monoisotopic (exact) mass is 533 g/mol. The molecular formula is C30H26FO6S-. The van der Waals surface area contributed by atoms with Gasteiger partial charge in [-0.05, 0) is 96.6 Å². The van der Waals surface area contributed by atoms with Crippen LogP contribution in [-0.2, 0) is 27.7 Å². The van der Waals surface area contributed by atoms with Crippen LogP contribution in [-0.4, -0.2) is 21.0 Å². The van der Waals surface area contributed by atoms with Crippen molar-refractivity contribution in [2.45, 2.75) is 36.7 Å². The quantitative estimate of drug-likeness (QED) is 0.277. The minimum Gasteiger partial charge on any atom is -0.546 e. The number of aryl methyl sites for hydroxylation is 2. The predicted molar refractivity (Wildman–Crippen MR) is 138 cm³/mol. The van der Waals surface area contributed by atoms with Gasteiger partial charge in [0.15, 0.2) is 0 Å². The average molecular weight is 534 g/mol. The Hall–Kier alpha value is -4.17. The number of benzene rings is 4. The van der Waals surface area contributed by atoms with Gasteiger partial charge in [-0.25, -0.2) is 12.8 Å². The smallest absolute Gasteiger partial charge is 0.210 e. The van der Waals surface area contributed by atoms with Crippen molar-refractivity contribution < 1.29 is 32.2 Å². The summed E-state index contributed by atoms with van der Waals surface area (Å²) in [4.78, 5) is 10.7. The highest BCUT2D eigenvalue weighted by molar-refractivity contribution is 7.91. The van der Waals surface area contributed by atoms with E-state index in [4.69, 9.17) is 9.47 Å². The molecule has 0 heterocycles. The Kier molecular flexibility index (Phi) is 8.12. The van der Waals surface area contributed by atoms with E-state index in [9.17, 15) is 22.7 Å². The molecule has 4 aromatic rings. The first-order valence-electron chi connectivity index (χ1n) is 11.9. The second kappa shape index (κ2) is 11.5. The molecule has 0 spiro atoms. The fourth-order valence-electron chi connectivity index (χ4n) is 4.13. The number of halogens is 1. The van der Waals surface area contributed by atoms with E-state index < -0.39 is 28.2 Å². The van der Waals surface area contributed by atoms with Gasteiger partial charge in [-0.1, -0.05) is 36.4 Å². The molecule has 0 radical (unpaired) electrons. The van der Waals surface area contributed by atoms with Crippen LogP contribution in [0, 0.1) is 19.7 Å². The van der Waals surface area contributed by atoms with Crippen molar-refractivity contribution in [3.8, 4) is 11.5 Å². The summed E-state index contributed by atoms with van der Waals surface area (Å²) < 4.78 is 51.9. The van der Waals surface area contributed by atoms with Crippen molar-refractivity contribution in [3.05, 3.63) is 119 Å². The standard InChI is InChI=1S/C30H27FO6S/c1-20-14-25(36-19-30(32)33)15-21(2)27(20)16-23-8-13-28(37-18-22-6-4-3-5-7-22)29(17-23)38(34,35)26-11-9-24(31)10-12-26/h3-15,17H,16,18-19H2,1-2H3,(H,32,33)/p-1. The van der Waals surface area contributed by atoms with Crippen LogP contribution in [0.5, 0.6) is 11.5 Å². The van der Waals surface area contributed by atoms with Crippen LogP contribution >= 0.6 is 0 Å². The van der Waals surface area contributed by atoms with Crippen molar-refractivity contribution in [2.75, 3.05) is 6.61 Å². The number of hydrogen-bond acceptors (Lipinski definition) is 6. The third-order valence-corrected chi connectivity index (χ3v) is 7.86. The van der Waals surface area contributed by atoms with E-state index >= 15 is 0 Å². The first kappa shape index (κ1) is 26.9. The van der Waals surface area contributed by atoms with E-state index in [1.54, 1.807) is 24.3 Å². The molecule has 4 rings (SSSR count). The molecule has 0 saturated carbocycles. The Balaban J connectivity index is 1.70. The van der Waals surface area contributed by atoms with Crippen LogP contribution in [0.1, 0.15) is 27.8 Å². The van der Waals surface area contributed by atoms with Gasteiger partial charge in [0.25, 0.3) is 0 Å². The lowest BCUT2D eigenvalue weighted by atomic mass is 9.95. The molecule has 0 aliphatic heterocycles. The Morgan fingerprint density at radius 2 is 1.50 bits per heavy atom. The molecule has 38 heavy (non-hydrogen) atoms. The van der Waals surface area contributed by atoms with Gasteiger partial charge in [-0.2, -0.15) is 0 Å². The molecule has 4 aromatic carbocycles. The zero-order valence-corrected chi connectivity index (χ0v) is 21.8. The van der Waals surface area contributed by atoms with Crippen molar-refractivity contribution in [2.24, 2.45) is 0 Å². The van der Waals surface area contributed by atoms with Crippen molar-refractivity contribution >= 4 is 15.8 Å². The Morgan fingerprint density at radius 1 is 0.842 bits per heavy atom. The molecule has 8 heteroatoms. The zero-order valence-electron chi connectivity index (χ0n) is 20.9. The lowest BCUT2D eigenvalue weighted by Gasteiger charge is -2.16. The van der Waals surface area contributed by atoms with Crippen molar-refractivity contribution in [1.29, 1.82) is 0 Å². The summed E-state index contributed by atoms with van der Waals surface area (Å²) in [7, 11) is -4.02. The number of carbonyl (C=O) groups is 1. The Labute approximate surface area is 221 Å². The summed E-state index contributed by atoms with van der Waals surface area (Å²) in [6.07, 6.45) is 0.420. The van der Waals surface area contributed by atoms with E-state index in [1.165, 1.54) is 12.1 Å². The first-order chi connectivity index (χ1) is 18.1. The third-order valence-electron chi connectivity index (χ3n) is 6.07. The molecule has 0 amide bonds. The molecule has 0 aliphatic rings. The van der Waals surface area contributed by atoms with Crippen LogP contribution in [0.25, 0.3) is 0 Å². The van der Waals surface area contributed by atoms with Gasteiger partial charge < -0.3 is 19.4 Å². The van der Waals surface area contributed by atoms with Crippen LogP contribution in [0.3, 0.4) is 0 Å². The molecule has 0 aromatic heterocycles. The second-order valence-electron chi connectivity index (χ2n) is 8.89. The summed E-state index contributed by atoms with van der Waals surface area (Å²) in [5.41, 5.74) is 4.30. The van der Waals surface area contributed by atoms with E-state index in [2.05, 4.69) is 0 Å². The topological polar surface area (TPSA) is 92.7 Å². The van der Waals surface area contributed by atoms with Gasteiger partial charge >= 0.3 is 0 Å². The SMILES string of the molecule is Cc1cc(OCC(=O)[O-])cc(C)c1Cc1ccc(OCc2ccccc2)c(S(=O)(=O)c2ccc(F)cc2)c1. The minimum atomic E-state index is -4.02. The summed E-state index contributed by atoms with van der Waals surface area (Å²) in [5.74, 6) is -1.23. The Bertz CT molecular complexity index is 1520. The molecule has 0 aliphatic carbocycles. The summed E-state index contributed by atoms with van der Waals surface area (Å²) >= 11 is 0. The maximum absolute atomic E-state index is 13.6. The highest BCUT2D eigenvalue weighted by Gasteiger charge is 2.24. The number of carboxylic acid groups (broad SMARTS) is 1. The lowest BCUT2D eigenvalue weighted by molar-refractivity contribution is -0.307. The number of carboxylic acids is 1. The number of ether oxygens (including phenoxy) is 2. The zero-order chi connectivity index (χ0) is 27.3. The molecule has 0 N–H and O–H groups in total. The molecule has 0 atom stereocenters. The van der Waals surface area contributed by atoms with Gasteiger partial charge in [-0.15, -0.1) is 0 Å². The van der Waals surface area contributed by atoms with E-state index in [1.807, 2.05) is 50.2 Å². The van der Waals surface area contributed by atoms with Gasteiger partial charge in [0.1, 0.15) is 35.4 Å². The molecule has 6 nitrogen and oxygen atoms in total. The second-order valence-corrected chi connectivity index (χ2v) is 10.8. The van der Waals surface area contributed by atoms with E-state index in [-0.39, 0.29) is 22.1 Å². The molecule has 196 valence electrons. The number of hydrogen-bond donors (Lipinski definition) is 0. The number of rotatable bonds is 10. The van der Waals surface area contributed by atoms with E-state index in [0.29, 0.717) is 12.2 Å². The average Bonchev–Trinajstić information content (AvgIpc) is 2.89. The summed E-state index contributed by atoms with van der Waals surface area (Å²) in [6.45, 7) is 3.38. The van der Waals surface area contributed by atoms with Crippen LogP contribution in [0.15, 0.2) is 94.7 Å². The number of sulfone groups is 1.